The standard InChI is InChI=1S/C30H29Cl2FN4O4/c1-17(28(39)40)35-27(38)26(16-34)37-18(2)36(25-13-22(31)12-23(32)14-25)29(41)30(37,3)15-19-4-6-20(7-5-19)21-8-10-24(33)11-9-21/h4-14,16-18H,15,34H2,1-3H3,(H,35,38)(H,39,40)/b26-16-/t17?,18?,30-/m1/s1. The van der Waals surface area contributed by atoms with Crippen molar-refractivity contribution in [3.05, 3.63) is 100 Å². The molecule has 0 radical (unpaired) electrons. The zero-order valence-corrected chi connectivity index (χ0v) is 24.1. The van der Waals surface area contributed by atoms with Crippen molar-refractivity contribution >= 4 is 46.7 Å². The molecule has 1 aliphatic heterocycles. The fourth-order valence-electron chi connectivity index (χ4n) is 5.15. The molecule has 0 aromatic heterocycles. The Bertz CT molecular complexity index is 1490. The third kappa shape index (κ3) is 6.01. The van der Waals surface area contributed by atoms with Gasteiger partial charge in [-0.15, -0.1) is 0 Å². The highest BCUT2D eigenvalue weighted by Gasteiger charge is 2.55. The van der Waals surface area contributed by atoms with E-state index in [1.54, 1.807) is 49.1 Å². The number of hydrogen-bond acceptors (Lipinski definition) is 5. The van der Waals surface area contributed by atoms with Crippen LogP contribution in [0.25, 0.3) is 11.1 Å². The van der Waals surface area contributed by atoms with Gasteiger partial charge < -0.3 is 21.1 Å². The van der Waals surface area contributed by atoms with Crippen molar-refractivity contribution in [3.63, 3.8) is 0 Å². The van der Waals surface area contributed by atoms with Crippen LogP contribution in [0.5, 0.6) is 0 Å². The summed E-state index contributed by atoms with van der Waals surface area (Å²) in [7, 11) is 0. The average Bonchev–Trinajstić information content (AvgIpc) is 3.09. The molecule has 0 saturated carbocycles. The molecule has 3 aromatic rings. The van der Waals surface area contributed by atoms with Crippen LogP contribution in [0.2, 0.25) is 10.0 Å². The molecule has 1 fully saturated rings. The van der Waals surface area contributed by atoms with Crippen LogP contribution in [-0.4, -0.2) is 45.5 Å². The van der Waals surface area contributed by atoms with E-state index < -0.39 is 29.6 Å². The third-order valence-electron chi connectivity index (χ3n) is 7.13. The van der Waals surface area contributed by atoms with E-state index in [1.165, 1.54) is 24.0 Å². The minimum atomic E-state index is -1.33. The van der Waals surface area contributed by atoms with E-state index in [9.17, 15) is 23.9 Å². The third-order valence-corrected chi connectivity index (χ3v) is 7.57. The number of carbonyl (C=O) groups is 3. The molecular formula is C30H29Cl2FN4O4. The van der Waals surface area contributed by atoms with Crippen molar-refractivity contribution in [3.8, 4) is 11.1 Å². The predicted molar refractivity (Wildman–Crippen MR) is 157 cm³/mol. The van der Waals surface area contributed by atoms with Gasteiger partial charge in [-0.2, -0.15) is 0 Å². The van der Waals surface area contributed by atoms with E-state index in [2.05, 4.69) is 5.32 Å². The number of carboxylic acids is 1. The summed E-state index contributed by atoms with van der Waals surface area (Å²) >= 11 is 12.5. The number of rotatable bonds is 8. The average molecular weight is 599 g/mol. The first-order valence-corrected chi connectivity index (χ1v) is 13.5. The van der Waals surface area contributed by atoms with Gasteiger partial charge in [0.15, 0.2) is 0 Å². The van der Waals surface area contributed by atoms with Crippen LogP contribution in [0.1, 0.15) is 26.3 Å². The first-order chi connectivity index (χ1) is 19.3. The number of anilines is 1. The molecule has 41 heavy (non-hydrogen) atoms. The molecule has 4 rings (SSSR count). The molecule has 0 spiro atoms. The van der Waals surface area contributed by atoms with E-state index in [-0.39, 0.29) is 23.8 Å². The maximum Gasteiger partial charge on any atom is 0.325 e. The normalized spacial score (nSPS) is 19.8. The van der Waals surface area contributed by atoms with Crippen LogP contribution < -0.4 is 16.0 Å². The van der Waals surface area contributed by atoms with Gasteiger partial charge in [-0.1, -0.05) is 59.6 Å². The first-order valence-electron chi connectivity index (χ1n) is 12.7. The van der Waals surface area contributed by atoms with Gasteiger partial charge in [-0.25, -0.2) is 4.39 Å². The summed E-state index contributed by atoms with van der Waals surface area (Å²) in [5, 5.41) is 12.4. The van der Waals surface area contributed by atoms with Crippen molar-refractivity contribution < 1.29 is 23.9 Å². The summed E-state index contributed by atoms with van der Waals surface area (Å²) in [4.78, 5) is 42.0. The maximum absolute atomic E-state index is 14.2. The predicted octanol–water partition coefficient (Wildman–Crippen LogP) is 5.18. The second kappa shape index (κ2) is 11.8. The molecule has 2 unspecified atom stereocenters. The second-order valence-electron chi connectivity index (χ2n) is 10.0. The second-order valence-corrected chi connectivity index (χ2v) is 10.9. The molecule has 3 aromatic carbocycles. The lowest BCUT2D eigenvalue weighted by atomic mass is 9.89. The summed E-state index contributed by atoms with van der Waals surface area (Å²) in [6.07, 6.45) is 0.503. The van der Waals surface area contributed by atoms with Gasteiger partial charge in [0.2, 0.25) is 0 Å². The topological polar surface area (TPSA) is 116 Å². The highest BCUT2D eigenvalue weighted by Crippen LogP contribution is 2.41. The minimum absolute atomic E-state index is 0.0694. The Labute approximate surface area is 247 Å². The summed E-state index contributed by atoms with van der Waals surface area (Å²) in [6.45, 7) is 4.76. The van der Waals surface area contributed by atoms with Crippen LogP contribution in [0.3, 0.4) is 0 Å². The van der Waals surface area contributed by atoms with Crippen LogP contribution >= 0.6 is 23.2 Å². The molecule has 1 aliphatic rings. The largest absolute Gasteiger partial charge is 0.480 e. The lowest BCUT2D eigenvalue weighted by Crippen LogP contribution is -2.53. The highest BCUT2D eigenvalue weighted by molar-refractivity contribution is 6.35. The molecule has 1 saturated heterocycles. The van der Waals surface area contributed by atoms with Crippen LogP contribution in [-0.2, 0) is 20.8 Å². The fourth-order valence-corrected chi connectivity index (χ4v) is 5.67. The number of nitrogens with two attached hydrogens (primary N) is 1. The van der Waals surface area contributed by atoms with Gasteiger partial charge >= 0.3 is 5.97 Å². The Kier molecular flexibility index (Phi) is 8.60. The van der Waals surface area contributed by atoms with Crippen molar-refractivity contribution in [1.29, 1.82) is 0 Å². The van der Waals surface area contributed by atoms with Gasteiger partial charge in [0, 0.05) is 28.4 Å². The molecule has 0 aliphatic carbocycles. The Balaban J connectivity index is 1.75. The van der Waals surface area contributed by atoms with E-state index in [0.717, 1.165) is 22.9 Å². The van der Waals surface area contributed by atoms with Gasteiger partial charge in [0.1, 0.15) is 29.3 Å². The van der Waals surface area contributed by atoms with E-state index in [1.807, 2.05) is 24.3 Å². The van der Waals surface area contributed by atoms with Gasteiger partial charge in [-0.3, -0.25) is 19.3 Å². The summed E-state index contributed by atoms with van der Waals surface area (Å²) in [6, 6.07) is 17.1. The Morgan fingerprint density at radius 2 is 1.61 bits per heavy atom. The first kappa shape index (κ1) is 29.9. The number of benzene rings is 3. The molecule has 4 N–H and O–H groups in total. The molecule has 3 atom stereocenters. The Morgan fingerprint density at radius 1 is 1.07 bits per heavy atom. The lowest BCUT2D eigenvalue weighted by molar-refractivity contribution is -0.141. The zero-order chi connectivity index (χ0) is 30.1. The zero-order valence-electron chi connectivity index (χ0n) is 22.6. The van der Waals surface area contributed by atoms with Crippen molar-refractivity contribution in [1.82, 2.24) is 10.2 Å². The number of carbonyl (C=O) groups excluding carboxylic acids is 2. The van der Waals surface area contributed by atoms with Crippen LogP contribution in [0.4, 0.5) is 10.1 Å². The molecular weight excluding hydrogens is 570 g/mol. The molecule has 214 valence electrons. The summed E-state index contributed by atoms with van der Waals surface area (Å²) < 4.78 is 13.4. The highest BCUT2D eigenvalue weighted by atomic mass is 35.5. The number of nitrogens with zero attached hydrogens (tertiary/aromatic N) is 2. The minimum Gasteiger partial charge on any atom is -0.480 e. The summed E-state index contributed by atoms with van der Waals surface area (Å²) in [5.74, 6) is -2.64. The van der Waals surface area contributed by atoms with Crippen LogP contribution in [0, 0.1) is 5.82 Å². The Morgan fingerprint density at radius 3 is 2.12 bits per heavy atom. The van der Waals surface area contributed by atoms with Gasteiger partial charge in [0.05, 0.1) is 0 Å². The molecule has 11 heteroatoms. The molecule has 1 heterocycles. The number of aliphatic carboxylic acids is 1. The van der Waals surface area contributed by atoms with Gasteiger partial charge in [-0.05, 0) is 67.8 Å². The van der Waals surface area contributed by atoms with Crippen molar-refractivity contribution in [2.75, 3.05) is 4.90 Å². The SMILES string of the molecule is CC(NC(=O)/C(=C/N)N1C(C)N(c2cc(Cl)cc(Cl)c2)C(=O)[C@@]1(C)Cc1ccc(-c2ccc(F)cc2)cc1)C(=O)O. The van der Waals surface area contributed by atoms with E-state index >= 15 is 0 Å². The van der Waals surface area contributed by atoms with E-state index in [4.69, 9.17) is 28.9 Å². The fraction of sp³-hybridized carbons (Fsp3) is 0.233. The molecule has 0 bridgehead atoms. The number of hydrogen-bond donors (Lipinski definition) is 3. The lowest BCUT2D eigenvalue weighted by Gasteiger charge is -2.37. The van der Waals surface area contributed by atoms with Crippen LogP contribution in [0.15, 0.2) is 78.6 Å². The maximum atomic E-state index is 14.2. The molecule has 2 amide bonds. The quantitative estimate of drug-likeness (QED) is 0.307. The smallest absolute Gasteiger partial charge is 0.325 e. The monoisotopic (exact) mass is 598 g/mol. The number of amides is 2. The number of halogens is 3. The molecule has 8 nitrogen and oxygen atoms in total. The van der Waals surface area contributed by atoms with Gasteiger partial charge in [0.25, 0.3) is 11.8 Å². The number of carboxylic acid groups (broad SMARTS) is 1. The van der Waals surface area contributed by atoms with Crippen molar-refractivity contribution in [2.45, 2.75) is 44.9 Å². The number of nitrogens with one attached hydrogen (secondary N) is 1. The Hall–Kier alpha value is -4.08. The van der Waals surface area contributed by atoms with Crippen molar-refractivity contribution in [2.24, 2.45) is 5.73 Å². The van der Waals surface area contributed by atoms with E-state index in [0.29, 0.717) is 15.7 Å². The summed E-state index contributed by atoms with van der Waals surface area (Å²) in [5.41, 5.74) is 7.45.